The number of aromatic nitrogens is 3. The van der Waals surface area contributed by atoms with Gasteiger partial charge in [0.05, 0.1) is 21.8 Å². The number of benzene rings is 1. The molecule has 2 aromatic heterocycles. The maximum atomic E-state index is 12.2. The molecule has 0 saturated carbocycles. The summed E-state index contributed by atoms with van der Waals surface area (Å²) in [5.74, 6) is 0.160. The molecule has 1 atom stereocenters. The van der Waals surface area contributed by atoms with Gasteiger partial charge in [-0.3, -0.25) is 9.20 Å². The smallest absolute Gasteiger partial charge is 0.230 e. The number of pyridine rings is 1. The Hall–Kier alpha value is -1.76. The number of nitrogens with zero attached hydrogens (tertiary/aromatic N) is 3. The number of carbonyl (C=O) groups excluding carboxylic acids is 1. The van der Waals surface area contributed by atoms with Gasteiger partial charge in [-0.2, -0.15) is 0 Å². The molecule has 0 unspecified atom stereocenters. The zero-order chi connectivity index (χ0) is 17.1. The summed E-state index contributed by atoms with van der Waals surface area (Å²) in [5, 5.41) is 12.7. The first kappa shape index (κ1) is 17.1. The largest absolute Gasteiger partial charge is 0.349 e. The van der Waals surface area contributed by atoms with Crippen molar-refractivity contribution < 1.29 is 4.79 Å². The minimum atomic E-state index is -0.164. The zero-order valence-electron chi connectivity index (χ0n) is 12.7. The van der Waals surface area contributed by atoms with E-state index in [0.29, 0.717) is 15.2 Å². The fourth-order valence-electron chi connectivity index (χ4n) is 2.20. The number of carbonyl (C=O) groups is 1. The van der Waals surface area contributed by atoms with Crippen LogP contribution in [0.1, 0.15) is 18.5 Å². The minimum Gasteiger partial charge on any atom is -0.349 e. The Morgan fingerprint density at radius 1 is 1.25 bits per heavy atom. The molecule has 5 nitrogen and oxygen atoms in total. The molecule has 1 amide bonds. The van der Waals surface area contributed by atoms with E-state index in [2.05, 4.69) is 15.5 Å². The van der Waals surface area contributed by atoms with Crippen molar-refractivity contribution in [2.24, 2.45) is 0 Å². The number of hydrogen-bond acceptors (Lipinski definition) is 4. The number of hydrogen-bond donors (Lipinski definition) is 1. The van der Waals surface area contributed by atoms with Gasteiger partial charge in [0.25, 0.3) is 0 Å². The first-order valence-corrected chi connectivity index (χ1v) is 8.95. The molecular weight excluding hydrogens is 367 g/mol. The van der Waals surface area contributed by atoms with Crippen LogP contribution in [0.25, 0.3) is 5.65 Å². The predicted octanol–water partition coefficient (Wildman–Crippen LogP) is 4.01. The van der Waals surface area contributed by atoms with Crippen LogP contribution in [0.5, 0.6) is 0 Å². The lowest BCUT2D eigenvalue weighted by molar-refractivity contribution is -0.119. The quantitative estimate of drug-likeness (QED) is 0.679. The Labute approximate surface area is 153 Å². The molecule has 3 rings (SSSR count). The zero-order valence-corrected chi connectivity index (χ0v) is 15.1. The van der Waals surface area contributed by atoms with E-state index in [1.54, 1.807) is 12.1 Å². The number of amides is 1. The molecule has 0 aliphatic heterocycles. The molecular formula is C16H14Cl2N4OS. The van der Waals surface area contributed by atoms with Crippen molar-refractivity contribution in [2.75, 3.05) is 5.75 Å². The molecule has 0 spiro atoms. The summed E-state index contributed by atoms with van der Waals surface area (Å²) in [5.41, 5.74) is 1.65. The molecule has 1 aromatic carbocycles. The first-order chi connectivity index (χ1) is 11.5. The maximum Gasteiger partial charge on any atom is 0.230 e. The van der Waals surface area contributed by atoms with E-state index in [4.69, 9.17) is 23.2 Å². The summed E-state index contributed by atoms with van der Waals surface area (Å²) in [4.78, 5) is 12.2. The average molecular weight is 381 g/mol. The predicted molar refractivity (Wildman–Crippen MR) is 96.7 cm³/mol. The van der Waals surface area contributed by atoms with Crippen molar-refractivity contribution in [2.45, 2.75) is 18.1 Å². The van der Waals surface area contributed by atoms with Crippen LogP contribution in [-0.2, 0) is 4.79 Å². The highest BCUT2D eigenvalue weighted by Gasteiger charge is 2.13. The van der Waals surface area contributed by atoms with Crippen LogP contribution in [0.4, 0.5) is 0 Å². The van der Waals surface area contributed by atoms with Gasteiger partial charge in [0.1, 0.15) is 0 Å². The van der Waals surface area contributed by atoms with Gasteiger partial charge in [-0.25, -0.2) is 0 Å². The van der Waals surface area contributed by atoms with Gasteiger partial charge in [-0.05, 0) is 36.8 Å². The number of thioether (sulfide) groups is 1. The van der Waals surface area contributed by atoms with E-state index in [9.17, 15) is 4.79 Å². The summed E-state index contributed by atoms with van der Waals surface area (Å²) in [7, 11) is 0. The highest BCUT2D eigenvalue weighted by molar-refractivity contribution is 7.99. The second-order valence-corrected chi connectivity index (χ2v) is 6.92. The highest BCUT2D eigenvalue weighted by Crippen LogP contribution is 2.25. The third kappa shape index (κ3) is 3.83. The first-order valence-electron chi connectivity index (χ1n) is 7.21. The topological polar surface area (TPSA) is 59.3 Å². The molecule has 0 aliphatic carbocycles. The Balaban J connectivity index is 1.60. The van der Waals surface area contributed by atoms with Crippen LogP contribution in [0.2, 0.25) is 10.0 Å². The van der Waals surface area contributed by atoms with Crippen molar-refractivity contribution >= 4 is 46.5 Å². The average Bonchev–Trinajstić information content (AvgIpc) is 2.98. The van der Waals surface area contributed by atoms with Crippen LogP contribution in [0, 0.1) is 0 Å². The van der Waals surface area contributed by atoms with E-state index >= 15 is 0 Å². The highest BCUT2D eigenvalue weighted by atomic mass is 35.5. The van der Waals surface area contributed by atoms with E-state index in [0.717, 1.165) is 11.2 Å². The molecule has 0 fully saturated rings. The molecule has 2 heterocycles. The van der Waals surface area contributed by atoms with Crippen LogP contribution in [0.15, 0.2) is 47.8 Å². The van der Waals surface area contributed by atoms with Gasteiger partial charge in [0.2, 0.25) is 5.91 Å². The maximum absolute atomic E-state index is 12.2. The van der Waals surface area contributed by atoms with Crippen molar-refractivity contribution in [1.29, 1.82) is 0 Å². The number of halogens is 2. The third-order valence-electron chi connectivity index (χ3n) is 3.44. The molecule has 8 heteroatoms. The second-order valence-electron chi connectivity index (χ2n) is 5.16. The molecule has 0 saturated heterocycles. The summed E-state index contributed by atoms with van der Waals surface area (Å²) in [6.07, 6.45) is 1.87. The van der Waals surface area contributed by atoms with Gasteiger partial charge >= 0.3 is 0 Å². The Kier molecular flexibility index (Phi) is 5.28. The third-order valence-corrected chi connectivity index (χ3v) is 5.12. The summed E-state index contributed by atoms with van der Waals surface area (Å²) >= 11 is 13.3. The van der Waals surface area contributed by atoms with Crippen molar-refractivity contribution in [1.82, 2.24) is 19.9 Å². The van der Waals surface area contributed by atoms with Gasteiger partial charge in [0.15, 0.2) is 10.8 Å². The lowest BCUT2D eigenvalue weighted by Gasteiger charge is -2.14. The molecule has 24 heavy (non-hydrogen) atoms. The normalized spacial score (nSPS) is 12.3. The van der Waals surface area contributed by atoms with Crippen LogP contribution >= 0.6 is 35.0 Å². The fraction of sp³-hybridized carbons (Fsp3) is 0.188. The molecule has 0 radical (unpaired) electrons. The summed E-state index contributed by atoms with van der Waals surface area (Å²) < 4.78 is 1.85. The van der Waals surface area contributed by atoms with Gasteiger partial charge in [-0.15, -0.1) is 10.2 Å². The molecule has 124 valence electrons. The van der Waals surface area contributed by atoms with Crippen molar-refractivity contribution in [3.05, 3.63) is 58.2 Å². The van der Waals surface area contributed by atoms with E-state index in [1.165, 1.54) is 11.8 Å². The molecule has 1 N–H and O–H groups in total. The SMILES string of the molecule is C[C@H](NC(=O)CSc1nnc2ccccn12)c1ccc(Cl)c(Cl)c1. The Morgan fingerprint density at radius 3 is 2.88 bits per heavy atom. The monoisotopic (exact) mass is 380 g/mol. The number of fused-ring (bicyclic) bond motifs is 1. The number of rotatable bonds is 5. The summed E-state index contributed by atoms with van der Waals surface area (Å²) in [6, 6.07) is 10.8. The fourth-order valence-corrected chi connectivity index (χ4v) is 3.24. The van der Waals surface area contributed by atoms with E-state index < -0.39 is 0 Å². The second kappa shape index (κ2) is 7.42. The lowest BCUT2D eigenvalue weighted by atomic mass is 10.1. The van der Waals surface area contributed by atoms with Gasteiger partial charge < -0.3 is 5.32 Å². The summed E-state index contributed by atoms with van der Waals surface area (Å²) in [6.45, 7) is 1.90. The molecule has 3 aromatic rings. The lowest BCUT2D eigenvalue weighted by Crippen LogP contribution is -2.28. The Bertz CT molecular complexity index is 883. The van der Waals surface area contributed by atoms with E-state index in [-0.39, 0.29) is 17.7 Å². The Morgan fingerprint density at radius 2 is 2.08 bits per heavy atom. The van der Waals surface area contributed by atoms with Crippen molar-refractivity contribution in [3.63, 3.8) is 0 Å². The number of nitrogens with one attached hydrogen (secondary N) is 1. The van der Waals surface area contributed by atoms with Crippen molar-refractivity contribution in [3.8, 4) is 0 Å². The standard InChI is InChI=1S/C16H14Cl2N4OS/c1-10(11-5-6-12(17)13(18)8-11)19-15(23)9-24-16-21-20-14-4-2-3-7-22(14)16/h2-8,10H,9H2,1H3,(H,19,23)/t10-/m0/s1. The van der Waals surface area contributed by atoms with Crippen LogP contribution in [-0.4, -0.2) is 26.3 Å². The minimum absolute atomic E-state index is 0.0914. The molecule has 0 aliphatic rings. The molecule has 0 bridgehead atoms. The van der Waals surface area contributed by atoms with Crippen LogP contribution in [0.3, 0.4) is 0 Å². The van der Waals surface area contributed by atoms with Gasteiger partial charge in [0, 0.05) is 6.20 Å². The van der Waals surface area contributed by atoms with E-state index in [1.807, 2.05) is 41.8 Å². The van der Waals surface area contributed by atoms with Gasteiger partial charge in [-0.1, -0.05) is 47.1 Å². The van der Waals surface area contributed by atoms with Crippen LogP contribution < -0.4 is 5.32 Å².